The highest BCUT2D eigenvalue weighted by Crippen LogP contribution is 2.28. The Morgan fingerprint density at radius 2 is 1.34 bits per heavy atom. The van der Waals surface area contributed by atoms with Gasteiger partial charge in [0.1, 0.15) is 5.84 Å². The van der Waals surface area contributed by atoms with Crippen molar-refractivity contribution in [1.82, 2.24) is 0 Å². The van der Waals surface area contributed by atoms with Crippen molar-refractivity contribution in [2.75, 3.05) is 4.90 Å². The molecule has 5 aromatic rings. The fourth-order valence-electron chi connectivity index (χ4n) is 4.28. The molecule has 5 aromatic carbocycles. The molecule has 0 saturated carbocycles. The molecule has 0 aliphatic carbocycles. The van der Waals surface area contributed by atoms with E-state index in [9.17, 15) is 14.9 Å². The minimum Gasteiger partial charge on any atom is -0.268 e. The number of aryl methyl sites for hydroxylation is 2. The number of aliphatic imine (C=N–C) groups is 1. The summed E-state index contributed by atoms with van der Waals surface area (Å²) >= 11 is 0. The first-order valence-electron chi connectivity index (χ1n) is 12.2. The van der Waals surface area contributed by atoms with E-state index < -0.39 is 4.92 Å². The van der Waals surface area contributed by atoms with Gasteiger partial charge in [-0.1, -0.05) is 77.9 Å². The van der Waals surface area contributed by atoms with E-state index in [1.54, 1.807) is 4.90 Å². The third kappa shape index (κ3) is 5.06. The Morgan fingerprint density at radius 1 is 0.737 bits per heavy atom. The Bertz CT molecular complexity index is 1650. The van der Waals surface area contributed by atoms with Crippen LogP contribution in [-0.2, 0) is 0 Å². The Kier molecular flexibility index (Phi) is 6.78. The number of anilines is 1. The number of amides is 1. The van der Waals surface area contributed by atoms with E-state index in [1.807, 2.05) is 105 Å². The molecule has 0 spiro atoms. The van der Waals surface area contributed by atoms with Crippen LogP contribution in [0, 0.1) is 24.0 Å². The quantitative estimate of drug-likeness (QED) is 0.107. The van der Waals surface area contributed by atoms with Crippen molar-refractivity contribution in [1.29, 1.82) is 0 Å². The third-order valence-electron chi connectivity index (χ3n) is 6.33. The number of nitro benzene ring substituents is 1. The lowest BCUT2D eigenvalue weighted by Gasteiger charge is -2.26. The molecule has 0 aliphatic rings. The summed E-state index contributed by atoms with van der Waals surface area (Å²) in [6.07, 6.45) is 0. The fourth-order valence-corrected chi connectivity index (χ4v) is 4.28. The molecule has 0 saturated heterocycles. The summed E-state index contributed by atoms with van der Waals surface area (Å²) in [5.41, 5.74) is 4.52. The average molecular weight is 500 g/mol. The summed E-state index contributed by atoms with van der Waals surface area (Å²) < 4.78 is 0. The van der Waals surface area contributed by atoms with Crippen LogP contribution < -0.4 is 4.90 Å². The van der Waals surface area contributed by atoms with Crippen LogP contribution in [0.2, 0.25) is 0 Å². The topological polar surface area (TPSA) is 75.8 Å². The molecule has 1 amide bonds. The molecule has 0 aliphatic heterocycles. The standard InChI is InChI=1S/C32H25N3O3/c1-22-10-16-26(17-11-22)33-31(30-9-5-7-24-6-3-4-8-29(24)30)34(27-18-12-23(2)13-19-27)32(36)25-14-20-28(21-15-25)35(37)38/h3-21H,1-2H3. The smallest absolute Gasteiger partial charge is 0.268 e. The van der Waals surface area contributed by atoms with Crippen molar-refractivity contribution in [3.63, 3.8) is 0 Å². The first kappa shape index (κ1) is 24.6. The average Bonchev–Trinajstić information content (AvgIpc) is 2.94. The lowest BCUT2D eigenvalue weighted by Crippen LogP contribution is -2.38. The predicted molar refractivity (Wildman–Crippen MR) is 152 cm³/mol. The largest absolute Gasteiger partial charge is 0.269 e. The van der Waals surface area contributed by atoms with Crippen LogP contribution in [0.25, 0.3) is 10.8 Å². The van der Waals surface area contributed by atoms with Gasteiger partial charge in [0, 0.05) is 23.3 Å². The predicted octanol–water partition coefficient (Wildman–Crippen LogP) is 7.79. The van der Waals surface area contributed by atoms with E-state index in [0.29, 0.717) is 22.8 Å². The minimum atomic E-state index is -0.480. The Labute approximate surface area is 220 Å². The number of hydrogen-bond donors (Lipinski definition) is 0. The molecule has 5 rings (SSSR count). The lowest BCUT2D eigenvalue weighted by atomic mass is 10.0. The fraction of sp³-hybridized carbons (Fsp3) is 0.0625. The molecule has 0 heterocycles. The van der Waals surface area contributed by atoms with Crippen molar-refractivity contribution in [3.8, 4) is 0 Å². The summed E-state index contributed by atoms with van der Waals surface area (Å²) in [5.74, 6) is 0.111. The van der Waals surface area contributed by atoms with Gasteiger partial charge in [0.25, 0.3) is 11.6 Å². The summed E-state index contributed by atoms with van der Waals surface area (Å²) in [5, 5.41) is 13.2. The summed E-state index contributed by atoms with van der Waals surface area (Å²) in [7, 11) is 0. The Morgan fingerprint density at radius 3 is 2.00 bits per heavy atom. The van der Waals surface area contributed by atoms with Gasteiger partial charge >= 0.3 is 0 Å². The molecular formula is C32H25N3O3. The van der Waals surface area contributed by atoms with Gasteiger partial charge in [0.05, 0.1) is 16.3 Å². The molecule has 38 heavy (non-hydrogen) atoms. The molecule has 0 bridgehead atoms. The van der Waals surface area contributed by atoms with Gasteiger partial charge in [0.2, 0.25) is 0 Å². The van der Waals surface area contributed by atoms with Crippen molar-refractivity contribution < 1.29 is 9.72 Å². The van der Waals surface area contributed by atoms with Crippen molar-refractivity contribution >= 4 is 39.6 Å². The van der Waals surface area contributed by atoms with Gasteiger partial charge in [0.15, 0.2) is 0 Å². The first-order valence-corrected chi connectivity index (χ1v) is 12.2. The van der Waals surface area contributed by atoms with Gasteiger partial charge < -0.3 is 0 Å². The van der Waals surface area contributed by atoms with E-state index in [4.69, 9.17) is 4.99 Å². The second-order valence-corrected chi connectivity index (χ2v) is 9.08. The summed E-state index contributed by atoms with van der Waals surface area (Å²) in [6, 6.07) is 35.0. The number of non-ortho nitro benzene ring substituents is 1. The van der Waals surface area contributed by atoms with E-state index in [1.165, 1.54) is 24.3 Å². The zero-order valence-corrected chi connectivity index (χ0v) is 21.0. The number of carbonyl (C=O) groups is 1. The molecule has 0 radical (unpaired) electrons. The van der Waals surface area contributed by atoms with Crippen LogP contribution in [0.3, 0.4) is 0 Å². The van der Waals surface area contributed by atoms with Crippen LogP contribution in [0.5, 0.6) is 0 Å². The van der Waals surface area contributed by atoms with Crippen LogP contribution in [0.4, 0.5) is 17.1 Å². The minimum absolute atomic E-state index is 0.0777. The normalized spacial score (nSPS) is 11.4. The van der Waals surface area contributed by atoms with Crippen molar-refractivity contribution in [2.45, 2.75) is 13.8 Å². The summed E-state index contributed by atoms with van der Waals surface area (Å²) in [4.78, 5) is 31.5. The number of rotatable bonds is 5. The number of benzene rings is 5. The van der Waals surface area contributed by atoms with Crippen LogP contribution in [0.1, 0.15) is 27.0 Å². The van der Waals surface area contributed by atoms with E-state index in [0.717, 1.165) is 27.5 Å². The van der Waals surface area contributed by atoms with Crippen LogP contribution in [-0.4, -0.2) is 16.7 Å². The zero-order valence-electron chi connectivity index (χ0n) is 21.0. The molecule has 0 aromatic heterocycles. The monoisotopic (exact) mass is 499 g/mol. The molecule has 0 N–H and O–H groups in total. The molecule has 6 nitrogen and oxygen atoms in total. The maximum atomic E-state index is 14.2. The number of nitrogens with zero attached hydrogens (tertiary/aromatic N) is 3. The third-order valence-corrected chi connectivity index (χ3v) is 6.33. The summed E-state index contributed by atoms with van der Waals surface area (Å²) in [6.45, 7) is 3.99. The SMILES string of the molecule is Cc1ccc(N=C(c2cccc3ccccc23)N(C(=O)c2ccc([N+](=O)[O-])cc2)c2ccc(C)cc2)cc1. The highest BCUT2D eigenvalue weighted by Gasteiger charge is 2.26. The Balaban J connectivity index is 1.76. The van der Waals surface area contributed by atoms with Gasteiger partial charge in [-0.15, -0.1) is 0 Å². The molecular weight excluding hydrogens is 474 g/mol. The van der Waals surface area contributed by atoms with Crippen molar-refractivity contribution in [3.05, 3.63) is 148 Å². The number of carbonyl (C=O) groups excluding carboxylic acids is 1. The Hall–Kier alpha value is -5.10. The van der Waals surface area contributed by atoms with Crippen LogP contribution in [0.15, 0.2) is 120 Å². The lowest BCUT2D eigenvalue weighted by molar-refractivity contribution is -0.384. The maximum absolute atomic E-state index is 14.2. The molecule has 0 fully saturated rings. The first-order chi connectivity index (χ1) is 18.4. The van der Waals surface area contributed by atoms with E-state index in [2.05, 4.69) is 0 Å². The second kappa shape index (κ2) is 10.5. The number of fused-ring (bicyclic) bond motifs is 1. The van der Waals surface area contributed by atoms with Gasteiger partial charge in [-0.3, -0.25) is 19.8 Å². The van der Waals surface area contributed by atoms with Gasteiger partial charge in [-0.25, -0.2) is 4.99 Å². The highest BCUT2D eigenvalue weighted by molar-refractivity contribution is 6.30. The number of hydrogen-bond acceptors (Lipinski definition) is 4. The molecule has 0 unspecified atom stereocenters. The van der Waals surface area contributed by atoms with E-state index >= 15 is 0 Å². The van der Waals surface area contributed by atoms with Gasteiger partial charge in [-0.2, -0.15) is 0 Å². The number of nitro groups is 1. The van der Waals surface area contributed by atoms with Crippen LogP contribution >= 0.6 is 0 Å². The molecule has 0 atom stereocenters. The highest BCUT2D eigenvalue weighted by atomic mass is 16.6. The second-order valence-electron chi connectivity index (χ2n) is 9.08. The van der Waals surface area contributed by atoms with Gasteiger partial charge in [-0.05, 0) is 61.0 Å². The zero-order chi connectivity index (χ0) is 26.6. The maximum Gasteiger partial charge on any atom is 0.269 e. The van der Waals surface area contributed by atoms with Crippen molar-refractivity contribution in [2.24, 2.45) is 4.99 Å². The molecule has 6 heteroatoms. The van der Waals surface area contributed by atoms with E-state index in [-0.39, 0.29) is 11.6 Å². The molecule has 186 valence electrons. The number of amidine groups is 1.